The number of aryl methyl sites for hydroxylation is 2. The van der Waals surface area contributed by atoms with Crippen molar-refractivity contribution in [3.8, 4) is 5.75 Å². The first-order valence-corrected chi connectivity index (χ1v) is 8.32. The van der Waals surface area contributed by atoms with Crippen LogP contribution in [0.1, 0.15) is 17.1 Å². The van der Waals surface area contributed by atoms with Crippen molar-refractivity contribution in [2.75, 3.05) is 4.90 Å². The zero-order valence-electron chi connectivity index (χ0n) is 14.6. The van der Waals surface area contributed by atoms with Gasteiger partial charge in [0.2, 0.25) is 0 Å². The van der Waals surface area contributed by atoms with Gasteiger partial charge in [-0.3, -0.25) is 4.68 Å². The summed E-state index contributed by atoms with van der Waals surface area (Å²) in [5.74, 6) is 2.59. The standard InChI is InChI=1S/C19H19N5O2/c1-13-21-18-17(10-20-23(18)2)19(22-13)24(12-16-4-3-9-26-16)11-14-5-7-15(25)8-6-14/h3-10,25H,11-12H2,1-2H3. The summed E-state index contributed by atoms with van der Waals surface area (Å²) in [6.07, 6.45) is 3.45. The zero-order chi connectivity index (χ0) is 18.1. The van der Waals surface area contributed by atoms with Crippen molar-refractivity contribution in [3.63, 3.8) is 0 Å². The van der Waals surface area contributed by atoms with Gasteiger partial charge in [-0.15, -0.1) is 0 Å². The molecule has 0 saturated heterocycles. The van der Waals surface area contributed by atoms with E-state index in [0.29, 0.717) is 18.9 Å². The van der Waals surface area contributed by atoms with Crippen LogP contribution in [0.15, 0.2) is 53.3 Å². The molecule has 132 valence electrons. The molecule has 0 radical (unpaired) electrons. The number of hydrogen-bond donors (Lipinski definition) is 1. The van der Waals surface area contributed by atoms with E-state index < -0.39 is 0 Å². The molecule has 0 fully saturated rings. The third-order valence-electron chi connectivity index (χ3n) is 4.22. The van der Waals surface area contributed by atoms with Gasteiger partial charge in [0.1, 0.15) is 23.2 Å². The third-order valence-corrected chi connectivity index (χ3v) is 4.22. The molecule has 0 amide bonds. The Labute approximate surface area is 150 Å². The number of fused-ring (bicyclic) bond motifs is 1. The Hall–Kier alpha value is -3.35. The van der Waals surface area contributed by atoms with Crippen LogP contribution in [0, 0.1) is 6.92 Å². The summed E-state index contributed by atoms with van der Waals surface area (Å²) < 4.78 is 7.29. The van der Waals surface area contributed by atoms with E-state index in [1.165, 1.54) is 0 Å². The molecule has 1 N–H and O–H groups in total. The topological polar surface area (TPSA) is 80.2 Å². The summed E-state index contributed by atoms with van der Waals surface area (Å²) in [5, 5.41) is 14.8. The molecule has 0 spiro atoms. The molecular formula is C19H19N5O2. The van der Waals surface area contributed by atoms with Crippen LogP contribution < -0.4 is 4.90 Å². The maximum Gasteiger partial charge on any atom is 0.163 e. The van der Waals surface area contributed by atoms with Gasteiger partial charge in [0.15, 0.2) is 5.65 Å². The fraction of sp³-hybridized carbons (Fsp3) is 0.211. The van der Waals surface area contributed by atoms with Gasteiger partial charge < -0.3 is 14.4 Å². The number of furan rings is 1. The molecule has 4 aromatic rings. The smallest absolute Gasteiger partial charge is 0.163 e. The molecule has 3 heterocycles. The summed E-state index contributed by atoms with van der Waals surface area (Å²) >= 11 is 0. The number of nitrogens with zero attached hydrogens (tertiary/aromatic N) is 5. The molecule has 0 aliphatic carbocycles. The molecule has 0 aliphatic rings. The second kappa shape index (κ2) is 6.51. The summed E-state index contributed by atoms with van der Waals surface area (Å²) in [4.78, 5) is 11.3. The first-order chi connectivity index (χ1) is 12.6. The molecule has 0 saturated carbocycles. The van der Waals surface area contributed by atoms with E-state index in [9.17, 15) is 5.11 Å². The number of phenolic OH excluding ortho intramolecular Hbond substituents is 1. The summed E-state index contributed by atoms with van der Waals surface area (Å²) in [5.41, 5.74) is 1.85. The van der Waals surface area contributed by atoms with Crippen molar-refractivity contribution in [1.29, 1.82) is 0 Å². The molecule has 0 unspecified atom stereocenters. The number of benzene rings is 1. The summed E-state index contributed by atoms with van der Waals surface area (Å²) in [6, 6.07) is 11.0. The minimum atomic E-state index is 0.249. The lowest BCUT2D eigenvalue weighted by Gasteiger charge is -2.24. The Morgan fingerprint density at radius 1 is 1.12 bits per heavy atom. The highest BCUT2D eigenvalue weighted by Gasteiger charge is 2.18. The fourth-order valence-electron chi connectivity index (χ4n) is 2.97. The van der Waals surface area contributed by atoms with E-state index in [2.05, 4.69) is 20.0 Å². The lowest BCUT2D eigenvalue weighted by atomic mass is 10.2. The molecule has 3 aromatic heterocycles. The van der Waals surface area contributed by atoms with Gasteiger partial charge in [-0.25, -0.2) is 9.97 Å². The second-order valence-corrected chi connectivity index (χ2v) is 6.20. The predicted molar refractivity (Wildman–Crippen MR) is 97.7 cm³/mol. The minimum absolute atomic E-state index is 0.249. The number of anilines is 1. The van der Waals surface area contributed by atoms with E-state index in [-0.39, 0.29) is 5.75 Å². The highest BCUT2D eigenvalue weighted by molar-refractivity contribution is 5.86. The molecule has 0 atom stereocenters. The van der Waals surface area contributed by atoms with Crippen LogP contribution in [0.25, 0.3) is 11.0 Å². The third kappa shape index (κ3) is 3.11. The van der Waals surface area contributed by atoms with E-state index in [0.717, 1.165) is 28.2 Å². The maximum atomic E-state index is 9.54. The largest absolute Gasteiger partial charge is 0.508 e. The fourth-order valence-corrected chi connectivity index (χ4v) is 2.97. The van der Waals surface area contributed by atoms with Crippen molar-refractivity contribution < 1.29 is 9.52 Å². The lowest BCUT2D eigenvalue weighted by Crippen LogP contribution is -2.23. The van der Waals surface area contributed by atoms with Crippen LogP contribution in [0.2, 0.25) is 0 Å². The Morgan fingerprint density at radius 3 is 2.65 bits per heavy atom. The predicted octanol–water partition coefficient (Wildman–Crippen LogP) is 3.18. The first-order valence-electron chi connectivity index (χ1n) is 8.32. The Kier molecular flexibility index (Phi) is 4.04. The van der Waals surface area contributed by atoms with Crippen molar-refractivity contribution >= 4 is 16.9 Å². The van der Waals surface area contributed by atoms with Gasteiger partial charge in [-0.1, -0.05) is 12.1 Å². The number of hydrogen-bond acceptors (Lipinski definition) is 6. The molecule has 7 heteroatoms. The normalized spacial score (nSPS) is 11.2. The van der Waals surface area contributed by atoms with Gasteiger partial charge in [-0.05, 0) is 36.8 Å². The van der Waals surface area contributed by atoms with Gasteiger partial charge in [0, 0.05) is 13.6 Å². The van der Waals surface area contributed by atoms with Crippen LogP contribution in [0.4, 0.5) is 5.82 Å². The van der Waals surface area contributed by atoms with Gasteiger partial charge in [0.25, 0.3) is 0 Å². The van der Waals surface area contributed by atoms with Crippen LogP contribution in [-0.2, 0) is 20.1 Å². The maximum absolute atomic E-state index is 9.54. The highest BCUT2D eigenvalue weighted by Crippen LogP contribution is 2.27. The lowest BCUT2D eigenvalue weighted by molar-refractivity contribution is 0.475. The van der Waals surface area contributed by atoms with E-state index in [4.69, 9.17) is 4.42 Å². The minimum Gasteiger partial charge on any atom is -0.508 e. The number of rotatable bonds is 5. The van der Waals surface area contributed by atoms with Crippen molar-refractivity contribution in [1.82, 2.24) is 19.7 Å². The van der Waals surface area contributed by atoms with Crippen LogP contribution >= 0.6 is 0 Å². The van der Waals surface area contributed by atoms with Gasteiger partial charge in [0.05, 0.1) is 24.4 Å². The number of phenols is 1. The molecular weight excluding hydrogens is 330 g/mol. The molecule has 7 nitrogen and oxygen atoms in total. The average Bonchev–Trinajstić information content (AvgIpc) is 3.26. The Bertz CT molecular complexity index is 1020. The average molecular weight is 349 g/mol. The molecule has 26 heavy (non-hydrogen) atoms. The van der Waals surface area contributed by atoms with Crippen molar-refractivity contribution in [2.24, 2.45) is 7.05 Å². The number of aromatic hydroxyl groups is 1. The SMILES string of the molecule is Cc1nc(N(Cc2ccc(O)cc2)Cc2ccco2)c2cnn(C)c2n1. The van der Waals surface area contributed by atoms with E-state index in [1.54, 1.807) is 29.3 Å². The van der Waals surface area contributed by atoms with Crippen molar-refractivity contribution in [3.05, 3.63) is 66.0 Å². The van der Waals surface area contributed by atoms with E-state index >= 15 is 0 Å². The first kappa shape index (κ1) is 16.1. The Balaban J connectivity index is 1.78. The van der Waals surface area contributed by atoms with Crippen LogP contribution in [0.3, 0.4) is 0 Å². The van der Waals surface area contributed by atoms with E-state index in [1.807, 2.05) is 38.2 Å². The number of aromatic nitrogens is 4. The zero-order valence-corrected chi connectivity index (χ0v) is 14.6. The Morgan fingerprint density at radius 2 is 1.92 bits per heavy atom. The monoisotopic (exact) mass is 349 g/mol. The molecule has 4 rings (SSSR count). The molecule has 0 aliphatic heterocycles. The molecule has 1 aromatic carbocycles. The van der Waals surface area contributed by atoms with Gasteiger partial charge in [-0.2, -0.15) is 5.10 Å². The molecule has 0 bridgehead atoms. The highest BCUT2D eigenvalue weighted by atomic mass is 16.3. The summed E-state index contributed by atoms with van der Waals surface area (Å²) in [7, 11) is 1.87. The quantitative estimate of drug-likeness (QED) is 0.596. The van der Waals surface area contributed by atoms with Crippen LogP contribution in [-0.4, -0.2) is 24.9 Å². The van der Waals surface area contributed by atoms with Crippen molar-refractivity contribution in [2.45, 2.75) is 20.0 Å². The van der Waals surface area contributed by atoms with Crippen LogP contribution in [0.5, 0.6) is 5.75 Å². The summed E-state index contributed by atoms with van der Waals surface area (Å²) in [6.45, 7) is 3.05. The van der Waals surface area contributed by atoms with Gasteiger partial charge >= 0.3 is 0 Å². The second-order valence-electron chi connectivity index (χ2n) is 6.20.